The van der Waals surface area contributed by atoms with Crippen LogP contribution in [0.2, 0.25) is 0 Å². The molecule has 6 heteroatoms. The maximum Gasteiger partial charge on any atom is 0.230 e. The van der Waals surface area contributed by atoms with Gasteiger partial charge in [-0.3, -0.25) is 14.7 Å². The van der Waals surface area contributed by atoms with Crippen molar-refractivity contribution >= 4 is 5.91 Å². The molecular weight excluding hydrogens is 318 g/mol. The Morgan fingerprint density at radius 2 is 2.20 bits per heavy atom. The van der Waals surface area contributed by atoms with Crippen molar-refractivity contribution in [3.8, 4) is 0 Å². The van der Waals surface area contributed by atoms with Gasteiger partial charge >= 0.3 is 0 Å². The number of pyridine rings is 1. The fourth-order valence-electron chi connectivity index (χ4n) is 3.73. The van der Waals surface area contributed by atoms with Crippen molar-refractivity contribution in [3.05, 3.63) is 54.2 Å². The number of likely N-dealkylation sites (tertiary alicyclic amines) is 1. The third-order valence-electron chi connectivity index (χ3n) is 5.00. The van der Waals surface area contributed by atoms with Gasteiger partial charge in [-0.1, -0.05) is 6.07 Å². The lowest BCUT2D eigenvalue weighted by Gasteiger charge is -2.23. The quantitative estimate of drug-likeness (QED) is 0.845. The summed E-state index contributed by atoms with van der Waals surface area (Å²) in [5.41, 5.74) is 1.21. The number of ether oxygens (including phenoxy) is 1. The number of rotatable bonds is 4. The average Bonchev–Trinajstić information content (AvgIpc) is 3.23. The number of nitrogens with zero attached hydrogens (tertiary/aromatic N) is 3. The van der Waals surface area contributed by atoms with E-state index in [9.17, 15) is 4.79 Å². The number of furan rings is 1. The smallest absolute Gasteiger partial charge is 0.230 e. The Morgan fingerprint density at radius 1 is 1.24 bits per heavy atom. The summed E-state index contributed by atoms with van der Waals surface area (Å²) in [5.74, 6) is 1.20. The number of fused-ring (bicyclic) bond motifs is 1. The van der Waals surface area contributed by atoms with Gasteiger partial charge in [-0.25, -0.2) is 0 Å². The lowest BCUT2D eigenvalue weighted by Crippen LogP contribution is -2.34. The lowest BCUT2D eigenvalue weighted by molar-refractivity contribution is -0.130. The molecule has 4 heterocycles. The van der Waals surface area contributed by atoms with E-state index in [0.717, 1.165) is 31.9 Å². The molecule has 0 radical (unpaired) electrons. The molecular formula is C19H23N3O3. The summed E-state index contributed by atoms with van der Waals surface area (Å²) in [5, 5.41) is 0. The normalized spacial score (nSPS) is 24.1. The van der Waals surface area contributed by atoms with Crippen molar-refractivity contribution in [3.63, 3.8) is 0 Å². The molecule has 0 N–H and O–H groups in total. The Kier molecular flexibility index (Phi) is 4.81. The number of carbonyl (C=O) groups excluding carboxylic acids is 1. The first-order valence-electron chi connectivity index (χ1n) is 8.81. The zero-order valence-corrected chi connectivity index (χ0v) is 14.2. The molecule has 2 aromatic rings. The number of aromatic nitrogens is 1. The van der Waals surface area contributed by atoms with Crippen LogP contribution in [0, 0.1) is 5.92 Å². The van der Waals surface area contributed by atoms with Crippen LogP contribution in [0.15, 0.2) is 47.3 Å². The van der Waals surface area contributed by atoms with Gasteiger partial charge in [0.25, 0.3) is 0 Å². The van der Waals surface area contributed by atoms with E-state index in [4.69, 9.17) is 9.15 Å². The standard InChI is InChI=1S/C19H23N3O3/c23-19(9-17-4-2-7-24-17)22-13-16-12-21(6-8-25-18(16)14-22)11-15-3-1-5-20-10-15/h1-5,7,10,16,18H,6,8-9,11-14H2/t16-,18+/m0/s1. The molecule has 2 aliphatic heterocycles. The van der Waals surface area contributed by atoms with Crippen LogP contribution in [0.3, 0.4) is 0 Å². The Balaban J connectivity index is 1.36. The monoisotopic (exact) mass is 341 g/mol. The SMILES string of the molecule is O=C(Cc1ccco1)N1C[C@@H]2CN(Cc3cccnc3)CCO[C@@H]2C1. The highest BCUT2D eigenvalue weighted by molar-refractivity contribution is 5.78. The molecule has 2 saturated heterocycles. The summed E-state index contributed by atoms with van der Waals surface area (Å²) in [6.45, 7) is 4.90. The van der Waals surface area contributed by atoms with Crippen LogP contribution >= 0.6 is 0 Å². The van der Waals surface area contributed by atoms with Crippen LogP contribution in [0.5, 0.6) is 0 Å². The van der Waals surface area contributed by atoms with Gasteiger partial charge < -0.3 is 14.1 Å². The summed E-state index contributed by atoms with van der Waals surface area (Å²) in [6.07, 6.45) is 5.78. The van der Waals surface area contributed by atoms with Gasteiger partial charge in [-0.15, -0.1) is 0 Å². The second-order valence-corrected chi connectivity index (χ2v) is 6.82. The fourth-order valence-corrected chi connectivity index (χ4v) is 3.73. The van der Waals surface area contributed by atoms with Crippen molar-refractivity contribution in [2.45, 2.75) is 19.1 Å². The van der Waals surface area contributed by atoms with E-state index in [1.165, 1.54) is 5.56 Å². The number of amides is 1. The summed E-state index contributed by atoms with van der Waals surface area (Å²) >= 11 is 0. The van der Waals surface area contributed by atoms with Crippen LogP contribution in [0.1, 0.15) is 11.3 Å². The van der Waals surface area contributed by atoms with Gasteiger partial charge in [0.2, 0.25) is 5.91 Å². The van der Waals surface area contributed by atoms with Crippen molar-refractivity contribution in [1.82, 2.24) is 14.8 Å². The van der Waals surface area contributed by atoms with E-state index >= 15 is 0 Å². The molecule has 2 fully saturated rings. The zero-order valence-electron chi connectivity index (χ0n) is 14.2. The summed E-state index contributed by atoms with van der Waals surface area (Å²) in [7, 11) is 0. The van der Waals surface area contributed by atoms with Crippen LogP contribution < -0.4 is 0 Å². The molecule has 1 amide bonds. The maximum absolute atomic E-state index is 12.5. The van der Waals surface area contributed by atoms with E-state index in [1.54, 1.807) is 12.5 Å². The predicted octanol–water partition coefficient (Wildman–Crippen LogP) is 1.58. The van der Waals surface area contributed by atoms with E-state index in [1.807, 2.05) is 29.3 Å². The molecule has 0 aromatic carbocycles. The summed E-state index contributed by atoms with van der Waals surface area (Å²) < 4.78 is 11.3. The van der Waals surface area contributed by atoms with Crippen LogP contribution in [-0.4, -0.2) is 59.6 Å². The molecule has 0 aliphatic carbocycles. The van der Waals surface area contributed by atoms with E-state index in [0.29, 0.717) is 25.5 Å². The molecule has 0 unspecified atom stereocenters. The Morgan fingerprint density at radius 3 is 3.00 bits per heavy atom. The number of hydrogen-bond acceptors (Lipinski definition) is 5. The highest BCUT2D eigenvalue weighted by Gasteiger charge is 2.38. The molecule has 25 heavy (non-hydrogen) atoms. The first kappa shape index (κ1) is 16.3. The highest BCUT2D eigenvalue weighted by Crippen LogP contribution is 2.25. The minimum Gasteiger partial charge on any atom is -0.469 e. The first-order chi connectivity index (χ1) is 12.3. The molecule has 2 aromatic heterocycles. The Bertz CT molecular complexity index is 689. The van der Waals surface area contributed by atoms with E-state index in [2.05, 4.69) is 16.0 Å². The topological polar surface area (TPSA) is 58.8 Å². The van der Waals surface area contributed by atoms with E-state index < -0.39 is 0 Å². The van der Waals surface area contributed by atoms with Crippen LogP contribution in [0.4, 0.5) is 0 Å². The molecule has 0 saturated carbocycles. The second-order valence-electron chi connectivity index (χ2n) is 6.82. The fraction of sp³-hybridized carbons (Fsp3) is 0.474. The first-order valence-corrected chi connectivity index (χ1v) is 8.81. The number of hydrogen-bond donors (Lipinski definition) is 0. The van der Waals surface area contributed by atoms with Crippen LogP contribution in [0.25, 0.3) is 0 Å². The number of carbonyl (C=O) groups is 1. The zero-order chi connectivity index (χ0) is 17.1. The third kappa shape index (κ3) is 3.91. The van der Waals surface area contributed by atoms with Gasteiger partial charge in [0, 0.05) is 51.0 Å². The molecule has 4 rings (SSSR count). The van der Waals surface area contributed by atoms with Crippen molar-refractivity contribution in [1.29, 1.82) is 0 Å². The minimum atomic E-state index is 0.116. The molecule has 2 atom stereocenters. The van der Waals surface area contributed by atoms with Gasteiger partial charge in [0.05, 0.1) is 25.4 Å². The van der Waals surface area contributed by atoms with Gasteiger partial charge in [0.1, 0.15) is 5.76 Å². The van der Waals surface area contributed by atoms with E-state index in [-0.39, 0.29) is 12.0 Å². The molecule has 2 aliphatic rings. The predicted molar refractivity (Wildman–Crippen MR) is 91.7 cm³/mol. The maximum atomic E-state index is 12.5. The minimum absolute atomic E-state index is 0.116. The molecule has 132 valence electrons. The largest absolute Gasteiger partial charge is 0.469 e. The second kappa shape index (κ2) is 7.37. The lowest BCUT2D eigenvalue weighted by atomic mass is 10.1. The Hall–Kier alpha value is -2.18. The van der Waals surface area contributed by atoms with Crippen molar-refractivity contribution in [2.24, 2.45) is 5.92 Å². The average molecular weight is 341 g/mol. The molecule has 0 spiro atoms. The van der Waals surface area contributed by atoms with Gasteiger partial charge in [-0.05, 0) is 23.8 Å². The van der Waals surface area contributed by atoms with Crippen molar-refractivity contribution in [2.75, 3.05) is 32.8 Å². The Labute approximate surface area is 147 Å². The highest BCUT2D eigenvalue weighted by atomic mass is 16.5. The van der Waals surface area contributed by atoms with Crippen molar-refractivity contribution < 1.29 is 13.9 Å². The van der Waals surface area contributed by atoms with Crippen LogP contribution in [-0.2, 0) is 22.5 Å². The summed E-state index contributed by atoms with van der Waals surface area (Å²) in [4.78, 5) is 21.0. The molecule has 6 nitrogen and oxygen atoms in total. The van der Waals surface area contributed by atoms with Gasteiger partial charge in [-0.2, -0.15) is 0 Å². The third-order valence-corrected chi connectivity index (χ3v) is 5.00. The van der Waals surface area contributed by atoms with Gasteiger partial charge in [0.15, 0.2) is 0 Å². The summed E-state index contributed by atoms with van der Waals surface area (Å²) in [6, 6.07) is 7.73. The molecule has 0 bridgehead atoms.